The van der Waals surface area contributed by atoms with E-state index in [9.17, 15) is 8.42 Å². The van der Waals surface area contributed by atoms with Crippen molar-refractivity contribution in [1.82, 2.24) is 4.98 Å². The molecule has 0 bridgehead atoms. The van der Waals surface area contributed by atoms with Crippen molar-refractivity contribution in [2.45, 2.75) is 5.03 Å². The van der Waals surface area contributed by atoms with E-state index in [1.807, 2.05) is 36.4 Å². The predicted octanol–water partition coefficient (Wildman–Crippen LogP) is 2.02. The maximum absolute atomic E-state index is 11.4. The lowest BCUT2D eigenvalue weighted by Crippen LogP contribution is -2.03. The average Bonchev–Trinajstić information content (AvgIpc) is 2.38. The van der Waals surface area contributed by atoms with E-state index in [1.165, 1.54) is 6.20 Å². The molecule has 0 unspecified atom stereocenters. The van der Waals surface area contributed by atoms with Crippen molar-refractivity contribution in [3.8, 4) is 17.2 Å². The van der Waals surface area contributed by atoms with Crippen LogP contribution in [0.15, 0.2) is 47.6 Å². The Labute approximate surface area is 105 Å². The van der Waals surface area contributed by atoms with Gasteiger partial charge in [0.25, 0.3) is 0 Å². The van der Waals surface area contributed by atoms with Gasteiger partial charge < -0.3 is 0 Å². The Morgan fingerprint density at radius 2 is 1.83 bits per heavy atom. The first-order valence-corrected chi connectivity index (χ1v) is 7.07. The minimum absolute atomic E-state index is 0.0684. The second kappa shape index (κ2) is 4.59. The monoisotopic (exact) mass is 258 g/mol. The molecule has 0 fully saturated rings. The summed E-state index contributed by atoms with van der Waals surface area (Å²) in [6.07, 6.45) is 2.50. The Bertz CT molecular complexity index is 716. The van der Waals surface area contributed by atoms with Crippen LogP contribution >= 0.6 is 0 Å². The highest BCUT2D eigenvalue weighted by Gasteiger charge is 2.15. The molecule has 0 saturated heterocycles. The van der Waals surface area contributed by atoms with Gasteiger partial charge in [0.2, 0.25) is 0 Å². The van der Waals surface area contributed by atoms with Gasteiger partial charge in [0.15, 0.2) is 14.9 Å². The van der Waals surface area contributed by atoms with E-state index in [-0.39, 0.29) is 10.6 Å². The molecule has 2 aromatic rings. The molecule has 4 nitrogen and oxygen atoms in total. The highest BCUT2D eigenvalue weighted by molar-refractivity contribution is 7.90. The van der Waals surface area contributed by atoms with Crippen LogP contribution in [0.4, 0.5) is 0 Å². The van der Waals surface area contributed by atoms with Crippen LogP contribution in [0, 0.1) is 11.3 Å². The summed E-state index contributed by atoms with van der Waals surface area (Å²) in [6.45, 7) is 0. The van der Waals surface area contributed by atoms with Crippen LogP contribution in [0.1, 0.15) is 5.56 Å². The standard InChI is InChI=1S/C13H10N2O2S/c1-18(16,17)13-11(8-14)7-12(9-15-13)10-5-3-2-4-6-10/h2-7,9H,1H3. The third-order valence-electron chi connectivity index (χ3n) is 2.43. The number of hydrogen-bond acceptors (Lipinski definition) is 4. The molecule has 0 amide bonds. The van der Waals surface area contributed by atoms with Gasteiger partial charge in [0, 0.05) is 18.0 Å². The first-order chi connectivity index (χ1) is 8.52. The average molecular weight is 258 g/mol. The van der Waals surface area contributed by atoms with Crippen LogP contribution in [0.5, 0.6) is 0 Å². The second-order valence-corrected chi connectivity index (χ2v) is 5.76. The quantitative estimate of drug-likeness (QED) is 0.826. The molecule has 2 rings (SSSR count). The Hall–Kier alpha value is -2.19. The van der Waals surface area contributed by atoms with Crippen LogP contribution in [-0.4, -0.2) is 19.7 Å². The van der Waals surface area contributed by atoms with Crippen LogP contribution in [0.3, 0.4) is 0 Å². The summed E-state index contributed by atoms with van der Waals surface area (Å²) >= 11 is 0. The topological polar surface area (TPSA) is 70.8 Å². The zero-order valence-electron chi connectivity index (χ0n) is 9.66. The summed E-state index contributed by atoms with van der Waals surface area (Å²) in [5.74, 6) is 0. The van der Waals surface area contributed by atoms with Crippen molar-refractivity contribution in [2.24, 2.45) is 0 Å². The molecule has 0 aliphatic rings. The van der Waals surface area contributed by atoms with E-state index in [2.05, 4.69) is 4.98 Å². The molecule has 0 aliphatic carbocycles. The number of aromatic nitrogens is 1. The number of pyridine rings is 1. The third kappa shape index (κ3) is 2.39. The fraction of sp³-hybridized carbons (Fsp3) is 0.0769. The lowest BCUT2D eigenvalue weighted by Gasteiger charge is -2.04. The highest BCUT2D eigenvalue weighted by atomic mass is 32.2. The van der Waals surface area contributed by atoms with Gasteiger partial charge in [-0.15, -0.1) is 0 Å². The van der Waals surface area contributed by atoms with Gasteiger partial charge >= 0.3 is 0 Å². The number of sulfone groups is 1. The summed E-state index contributed by atoms with van der Waals surface area (Å²) in [7, 11) is -3.48. The molecule has 18 heavy (non-hydrogen) atoms. The summed E-state index contributed by atoms with van der Waals surface area (Å²) in [5, 5.41) is 8.82. The van der Waals surface area contributed by atoms with Crippen molar-refractivity contribution >= 4 is 9.84 Å². The Morgan fingerprint density at radius 3 is 2.39 bits per heavy atom. The van der Waals surface area contributed by atoms with Crippen LogP contribution in [0.2, 0.25) is 0 Å². The lowest BCUT2D eigenvalue weighted by atomic mass is 10.1. The zero-order valence-corrected chi connectivity index (χ0v) is 10.5. The van der Waals surface area contributed by atoms with E-state index < -0.39 is 9.84 Å². The zero-order chi connectivity index (χ0) is 13.2. The van der Waals surface area contributed by atoms with Crippen LogP contribution in [-0.2, 0) is 9.84 Å². The first kappa shape index (κ1) is 12.3. The van der Waals surface area contributed by atoms with Crippen LogP contribution in [0.25, 0.3) is 11.1 Å². The molecule has 1 heterocycles. The molecule has 0 spiro atoms. The molecule has 0 atom stereocenters. The van der Waals surface area contributed by atoms with Gasteiger partial charge in [-0.05, 0) is 11.6 Å². The maximum Gasteiger partial charge on any atom is 0.194 e. The molecule has 1 aromatic carbocycles. The van der Waals surface area contributed by atoms with Crippen molar-refractivity contribution in [3.63, 3.8) is 0 Å². The molecule has 0 N–H and O–H groups in total. The fourth-order valence-corrected chi connectivity index (χ4v) is 2.36. The van der Waals surface area contributed by atoms with Gasteiger partial charge in [-0.25, -0.2) is 13.4 Å². The Balaban J connectivity index is 2.61. The summed E-state index contributed by atoms with van der Waals surface area (Å²) in [5.41, 5.74) is 1.68. The van der Waals surface area contributed by atoms with Gasteiger partial charge in [0.1, 0.15) is 6.07 Å². The van der Waals surface area contributed by atoms with E-state index in [0.29, 0.717) is 0 Å². The summed E-state index contributed by atoms with van der Waals surface area (Å²) in [4.78, 5) is 3.89. The molecule has 5 heteroatoms. The van der Waals surface area contributed by atoms with Crippen molar-refractivity contribution in [3.05, 3.63) is 48.2 Å². The highest BCUT2D eigenvalue weighted by Crippen LogP contribution is 2.22. The number of rotatable bonds is 2. The Kier molecular flexibility index (Phi) is 3.13. The van der Waals surface area contributed by atoms with E-state index in [0.717, 1.165) is 17.4 Å². The van der Waals surface area contributed by atoms with E-state index >= 15 is 0 Å². The SMILES string of the molecule is CS(=O)(=O)c1ncc(-c2ccccc2)cc1C#N. The van der Waals surface area contributed by atoms with Crippen LogP contribution < -0.4 is 0 Å². The third-order valence-corrected chi connectivity index (χ3v) is 3.46. The minimum atomic E-state index is -3.48. The van der Waals surface area contributed by atoms with Gasteiger partial charge in [-0.1, -0.05) is 30.3 Å². The molecule has 0 saturated carbocycles. The van der Waals surface area contributed by atoms with Crippen molar-refractivity contribution < 1.29 is 8.42 Å². The molecular formula is C13H10N2O2S. The van der Waals surface area contributed by atoms with Crippen molar-refractivity contribution in [1.29, 1.82) is 5.26 Å². The molecule has 90 valence electrons. The largest absolute Gasteiger partial charge is 0.243 e. The van der Waals surface area contributed by atoms with Crippen molar-refractivity contribution in [2.75, 3.05) is 6.26 Å². The first-order valence-electron chi connectivity index (χ1n) is 5.18. The lowest BCUT2D eigenvalue weighted by molar-refractivity contribution is 0.598. The van der Waals surface area contributed by atoms with E-state index in [4.69, 9.17) is 5.26 Å². The number of nitriles is 1. The predicted molar refractivity (Wildman–Crippen MR) is 67.5 cm³/mol. The second-order valence-electron chi connectivity index (χ2n) is 3.83. The summed E-state index contributed by atoms with van der Waals surface area (Å²) in [6, 6.07) is 12.8. The number of benzene rings is 1. The fourth-order valence-electron chi connectivity index (χ4n) is 1.62. The van der Waals surface area contributed by atoms with Gasteiger partial charge in [-0.3, -0.25) is 0 Å². The normalized spacial score (nSPS) is 10.9. The maximum atomic E-state index is 11.4. The van der Waals surface area contributed by atoms with Gasteiger partial charge in [0.05, 0.1) is 5.56 Å². The Morgan fingerprint density at radius 1 is 1.17 bits per heavy atom. The summed E-state index contributed by atoms with van der Waals surface area (Å²) < 4.78 is 22.9. The molecule has 0 radical (unpaired) electrons. The number of nitrogens with zero attached hydrogens (tertiary/aromatic N) is 2. The molecule has 0 aliphatic heterocycles. The van der Waals surface area contributed by atoms with Gasteiger partial charge in [-0.2, -0.15) is 5.26 Å². The smallest absolute Gasteiger partial charge is 0.194 e. The molecular weight excluding hydrogens is 248 g/mol. The molecule has 1 aromatic heterocycles. The van der Waals surface area contributed by atoms with E-state index in [1.54, 1.807) is 6.07 Å². The minimum Gasteiger partial charge on any atom is -0.243 e. The number of hydrogen-bond donors (Lipinski definition) is 0.